The number of thiophene rings is 1. The fourth-order valence-electron chi connectivity index (χ4n) is 1.66. The van der Waals surface area contributed by atoms with Gasteiger partial charge in [-0.05, 0) is 36.4 Å². The Kier molecular flexibility index (Phi) is 5.45. The maximum absolute atomic E-state index is 12.2. The number of amides is 1. The van der Waals surface area contributed by atoms with E-state index in [9.17, 15) is 4.79 Å². The number of ether oxygens (including phenoxy) is 1. The molecule has 0 spiro atoms. The Hall–Kier alpha value is -2.00. The molecule has 0 saturated heterocycles. The van der Waals surface area contributed by atoms with Crippen LogP contribution < -0.4 is 10.1 Å². The summed E-state index contributed by atoms with van der Waals surface area (Å²) in [6.07, 6.45) is 1.48. The lowest BCUT2D eigenvalue weighted by Crippen LogP contribution is -2.14. The van der Waals surface area contributed by atoms with Crippen molar-refractivity contribution >= 4 is 52.2 Å². The molecule has 0 aliphatic carbocycles. The van der Waals surface area contributed by atoms with Crippen molar-refractivity contribution in [3.8, 4) is 11.8 Å². The Morgan fingerprint density at radius 2 is 2.14 bits per heavy atom. The first kappa shape index (κ1) is 16.4. The molecule has 1 amide bonds. The zero-order valence-electron chi connectivity index (χ0n) is 11.4. The molecule has 7 heteroatoms. The molecule has 112 valence electrons. The van der Waals surface area contributed by atoms with Gasteiger partial charge in [0.15, 0.2) is 0 Å². The highest BCUT2D eigenvalue weighted by atomic mass is 35.5. The standard InChI is InChI=1S/C15H10Cl2N2O2S/c1-21-13-4-2-10(16)7-12(13)19-15(20)9(8-18)6-11-3-5-14(17)22-11/h2-7H,1H3,(H,19,20). The quantitative estimate of drug-likeness (QED) is 0.645. The molecule has 1 aromatic heterocycles. The monoisotopic (exact) mass is 352 g/mol. The molecule has 2 aromatic rings. The first-order chi connectivity index (χ1) is 10.5. The third kappa shape index (κ3) is 4.01. The average molecular weight is 353 g/mol. The van der Waals surface area contributed by atoms with E-state index in [1.165, 1.54) is 24.5 Å². The number of rotatable bonds is 4. The second kappa shape index (κ2) is 7.32. The van der Waals surface area contributed by atoms with Gasteiger partial charge in [0.25, 0.3) is 5.91 Å². The van der Waals surface area contributed by atoms with Crippen molar-refractivity contribution in [1.82, 2.24) is 0 Å². The number of nitrogens with one attached hydrogen (secondary N) is 1. The van der Waals surface area contributed by atoms with Gasteiger partial charge >= 0.3 is 0 Å². The van der Waals surface area contributed by atoms with Crippen LogP contribution in [0.25, 0.3) is 6.08 Å². The predicted octanol–water partition coefficient (Wildman–Crippen LogP) is 4.61. The van der Waals surface area contributed by atoms with Crippen LogP contribution >= 0.6 is 34.5 Å². The number of hydrogen-bond donors (Lipinski definition) is 1. The minimum absolute atomic E-state index is 0.0412. The Bertz CT molecular complexity index is 778. The van der Waals surface area contributed by atoms with Gasteiger partial charge in [0, 0.05) is 9.90 Å². The Morgan fingerprint density at radius 3 is 2.73 bits per heavy atom. The molecule has 1 aromatic carbocycles. The predicted molar refractivity (Wildman–Crippen MR) is 89.6 cm³/mol. The number of carbonyl (C=O) groups excluding carboxylic acids is 1. The Labute approximate surface area is 141 Å². The number of carbonyl (C=O) groups is 1. The number of methoxy groups -OCH3 is 1. The van der Waals surface area contributed by atoms with Gasteiger partial charge in [-0.1, -0.05) is 23.2 Å². The van der Waals surface area contributed by atoms with Crippen LogP contribution in [0.3, 0.4) is 0 Å². The maximum atomic E-state index is 12.2. The molecule has 0 aliphatic heterocycles. The normalized spacial score (nSPS) is 10.9. The molecule has 4 nitrogen and oxygen atoms in total. The lowest BCUT2D eigenvalue weighted by molar-refractivity contribution is -0.112. The summed E-state index contributed by atoms with van der Waals surface area (Å²) in [5, 5.41) is 12.2. The fourth-order valence-corrected chi connectivity index (χ4v) is 2.84. The van der Waals surface area contributed by atoms with Crippen LogP contribution in [0.15, 0.2) is 35.9 Å². The van der Waals surface area contributed by atoms with E-state index in [0.29, 0.717) is 20.8 Å². The molecule has 22 heavy (non-hydrogen) atoms. The summed E-state index contributed by atoms with van der Waals surface area (Å²) in [4.78, 5) is 12.9. The van der Waals surface area contributed by atoms with Crippen molar-refractivity contribution in [2.45, 2.75) is 0 Å². The Balaban J connectivity index is 2.25. The van der Waals surface area contributed by atoms with E-state index in [-0.39, 0.29) is 5.57 Å². The summed E-state index contributed by atoms with van der Waals surface area (Å²) in [6, 6.07) is 10.1. The number of hydrogen-bond acceptors (Lipinski definition) is 4. The maximum Gasteiger partial charge on any atom is 0.266 e. The summed E-state index contributed by atoms with van der Waals surface area (Å²) >= 11 is 13.0. The van der Waals surface area contributed by atoms with Crippen molar-refractivity contribution in [3.63, 3.8) is 0 Å². The van der Waals surface area contributed by atoms with Crippen molar-refractivity contribution in [3.05, 3.63) is 50.1 Å². The summed E-state index contributed by atoms with van der Waals surface area (Å²) in [7, 11) is 1.48. The molecule has 0 fully saturated rings. The van der Waals surface area contributed by atoms with E-state index in [1.54, 1.807) is 30.3 Å². The van der Waals surface area contributed by atoms with Gasteiger partial charge in [-0.25, -0.2) is 0 Å². The third-order valence-electron chi connectivity index (χ3n) is 2.66. The number of halogens is 2. The minimum Gasteiger partial charge on any atom is -0.495 e. The molecule has 0 saturated carbocycles. The fraction of sp³-hybridized carbons (Fsp3) is 0.0667. The highest BCUT2D eigenvalue weighted by Gasteiger charge is 2.13. The second-order valence-corrected chi connectivity index (χ2v) is 6.29. The SMILES string of the molecule is COc1ccc(Cl)cc1NC(=O)C(C#N)=Cc1ccc(Cl)s1. The second-order valence-electron chi connectivity index (χ2n) is 4.11. The molecule has 2 rings (SSSR count). The summed E-state index contributed by atoms with van der Waals surface area (Å²) < 4.78 is 5.73. The average Bonchev–Trinajstić information content (AvgIpc) is 2.90. The van der Waals surface area contributed by atoms with E-state index >= 15 is 0 Å². The molecule has 0 radical (unpaired) electrons. The molecule has 0 aliphatic rings. The number of benzene rings is 1. The van der Waals surface area contributed by atoms with Gasteiger partial charge < -0.3 is 10.1 Å². The van der Waals surface area contributed by atoms with Gasteiger partial charge in [-0.2, -0.15) is 5.26 Å². The topological polar surface area (TPSA) is 62.1 Å². The minimum atomic E-state index is -0.549. The van der Waals surface area contributed by atoms with Crippen LogP contribution in [-0.2, 0) is 4.79 Å². The molecular formula is C15H10Cl2N2O2S. The lowest BCUT2D eigenvalue weighted by Gasteiger charge is -2.09. The highest BCUT2D eigenvalue weighted by molar-refractivity contribution is 7.17. The van der Waals surface area contributed by atoms with Crippen LogP contribution in [0.4, 0.5) is 5.69 Å². The molecule has 1 heterocycles. The summed E-state index contributed by atoms with van der Waals surface area (Å²) in [6.45, 7) is 0. The molecule has 0 bridgehead atoms. The van der Waals surface area contributed by atoms with Crippen LogP contribution in [0.5, 0.6) is 5.75 Å². The summed E-state index contributed by atoms with van der Waals surface area (Å²) in [5.74, 6) is -0.0956. The molecule has 1 N–H and O–H groups in total. The van der Waals surface area contributed by atoms with E-state index < -0.39 is 5.91 Å². The molecule has 0 atom stereocenters. The van der Waals surface area contributed by atoms with Gasteiger partial charge in [-0.15, -0.1) is 11.3 Å². The largest absolute Gasteiger partial charge is 0.495 e. The van der Waals surface area contributed by atoms with E-state index in [1.807, 2.05) is 6.07 Å². The van der Waals surface area contributed by atoms with E-state index in [4.69, 9.17) is 33.2 Å². The smallest absolute Gasteiger partial charge is 0.266 e. The molecular weight excluding hydrogens is 343 g/mol. The van der Waals surface area contributed by atoms with Gasteiger partial charge in [0.2, 0.25) is 0 Å². The van der Waals surface area contributed by atoms with Crippen molar-refractivity contribution in [2.24, 2.45) is 0 Å². The van der Waals surface area contributed by atoms with Crippen molar-refractivity contribution < 1.29 is 9.53 Å². The van der Waals surface area contributed by atoms with Gasteiger partial charge in [0.1, 0.15) is 17.4 Å². The number of nitriles is 1. The van der Waals surface area contributed by atoms with Crippen LogP contribution in [-0.4, -0.2) is 13.0 Å². The summed E-state index contributed by atoms with van der Waals surface area (Å²) in [5.41, 5.74) is 0.353. The lowest BCUT2D eigenvalue weighted by atomic mass is 10.2. The highest BCUT2D eigenvalue weighted by Crippen LogP contribution is 2.28. The van der Waals surface area contributed by atoms with Crippen LogP contribution in [0.2, 0.25) is 9.36 Å². The van der Waals surface area contributed by atoms with Crippen molar-refractivity contribution in [2.75, 3.05) is 12.4 Å². The Morgan fingerprint density at radius 1 is 1.36 bits per heavy atom. The zero-order chi connectivity index (χ0) is 16.1. The van der Waals surface area contributed by atoms with E-state index in [2.05, 4.69) is 5.32 Å². The zero-order valence-corrected chi connectivity index (χ0v) is 13.7. The first-order valence-electron chi connectivity index (χ1n) is 6.05. The van der Waals surface area contributed by atoms with E-state index in [0.717, 1.165) is 4.88 Å². The van der Waals surface area contributed by atoms with Crippen LogP contribution in [0.1, 0.15) is 4.88 Å². The third-order valence-corrected chi connectivity index (χ3v) is 4.07. The van der Waals surface area contributed by atoms with Gasteiger partial charge in [0.05, 0.1) is 17.1 Å². The van der Waals surface area contributed by atoms with Gasteiger partial charge in [-0.3, -0.25) is 4.79 Å². The molecule has 0 unspecified atom stereocenters. The number of anilines is 1. The first-order valence-corrected chi connectivity index (χ1v) is 7.62. The number of nitrogens with zero attached hydrogens (tertiary/aromatic N) is 1. The van der Waals surface area contributed by atoms with Crippen molar-refractivity contribution in [1.29, 1.82) is 5.26 Å². The van der Waals surface area contributed by atoms with Crippen LogP contribution in [0, 0.1) is 11.3 Å².